The fraction of sp³-hybridized carbons (Fsp3) is 0.393. The zero-order valence-corrected chi connectivity index (χ0v) is 23.1. The van der Waals surface area contributed by atoms with Crippen molar-refractivity contribution in [1.82, 2.24) is 24.8 Å². The third kappa shape index (κ3) is 5.22. The predicted octanol–water partition coefficient (Wildman–Crippen LogP) is 3.71. The van der Waals surface area contributed by atoms with Crippen molar-refractivity contribution < 1.29 is 9.53 Å². The summed E-state index contributed by atoms with van der Waals surface area (Å²) in [5, 5.41) is 6.23. The minimum atomic E-state index is -0.290. The van der Waals surface area contributed by atoms with Gasteiger partial charge in [0.05, 0.1) is 35.6 Å². The molecular weight excluding hydrogens is 494 g/mol. The molecule has 4 heterocycles. The van der Waals surface area contributed by atoms with E-state index in [0.29, 0.717) is 41.6 Å². The summed E-state index contributed by atoms with van der Waals surface area (Å²) in [5.74, 6) is 1.20. The Morgan fingerprint density at radius 1 is 1.21 bits per heavy atom. The quantitative estimate of drug-likeness (QED) is 0.419. The van der Waals surface area contributed by atoms with E-state index < -0.39 is 0 Å². The molecule has 0 bridgehead atoms. The first kappa shape index (κ1) is 26.4. The summed E-state index contributed by atoms with van der Waals surface area (Å²) in [7, 11) is 5.79. The number of methoxy groups -OCH3 is 1. The fourth-order valence-corrected chi connectivity index (χ4v) is 5.23. The van der Waals surface area contributed by atoms with Crippen LogP contribution in [0.15, 0.2) is 49.4 Å². The van der Waals surface area contributed by atoms with Crippen molar-refractivity contribution >= 4 is 40.6 Å². The van der Waals surface area contributed by atoms with E-state index in [2.05, 4.69) is 74.8 Å². The van der Waals surface area contributed by atoms with Gasteiger partial charge in [0.2, 0.25) is 17.8 Å². The van der Waals surface area contributed by atoms with E-state index in [-0.39, 0.29) is 11.3 Å². The number of aromatic nitrogens is 4. The maximum absolute atomic E-state index is 12.3. The van der Waals surface area contributed by atoms with Crippen LogP contribution in [0.1, 0.15) is 26.0 Å². The van der Waals surface area contributed by atoms with Gasteiger partial charge in [-0.15, -0.1) is 0 Å². The number of rotatable bonds is 8. The molecule has 11 nitrogen and oxygen atoms in total. The lowest BCUT2D eigenvalue weighted by molar-refractivity contribution is -0.111. The number of pyridine rings is 1. The Hall–Kier alpha value is -4.25. The number of amides is 1. The lowest BCUT2D eigenvalue weighted by Crippen LogP contribution is -2.31. The van der Waals surface area contributed by atoms with Crippen LogP contribution in [0.3, 0.4) is 0 Å². The molecule has 11 heteroatoms. The Balaban J connectivity index is 1.47. The smallest absolute Gasteiger partial charge is 0.247 e. The van der Waals surface area contributed by atoms with E-state index in [4.69, 9.17) is 9.72 Å². The maximum atomic E-state index is 12.3. The molecular formula is C28H35N9O2. The normalized spacial score (nSPS) is 17.7. The van der Waals surface area contributed by atoms with Crippen molar-refractivity contribution in [3.05, 3.63) is 55.1 Å². The Labute approximate surface area is 228 Å². The molecule has 5 rings (SSSR count). The van der Waals surface area contributed by atoms with Crippen molar-refractivity contribution in [2.45, 2.75) is 31.7 Å². The summed E-state index contributed by atoms with van der Waals surface area (Å²) < 4.78 is 5.76. The molecule has 1 saturated heterocycles. The van der Waals surface area contributed by atoms with Gasteiger partial charge in [0.1, 0.15) is 12.1 Å². The third-order valence-electron chi connectivity index (χ3n) is 7.31. The van der Waals surface area contributed by atoms with Crippen LogP contribution in [0.4, 0.5) is 34.6 Å². The largest absolute Gasteiger partial charge is 0.494 e. The molecule has 0 aliphatic carbocycles. The van der Waals surface area contributed by atoms with Crippen molar-refractivity contribution in [2.75, 3.05) is 61.3 Å². The summed E-state index contributed by atoms with van der Waals surface area (Å²) >= 11 is 0. The molecule has 1 amide bonds. The van der Waals surface area contributed by atoms with Gasteiger partial charge in [-0.3, -0.25) is 9.78 Å². The number of hydrogen-bond acceptors (Lipinski definition) is 10. The predicted molar refractivity (Wildman–Crippen MR) is 154 cm³/mol. The highest BCUT2D eigenvalue weighted by Gasteiger charge is 2.38. The number of carbonyl (C=O) groups excluding carboxylic acids is 1. The van der Waals surface area contributed by atoms with Crippen molar-refractivity contribution in [3.63, 3.8) is 0 Å². The van der Waals surface area contributed by atoms with Gasteiger partial charge in [0, 0.05) is 43.4 Å². The van der Waals surface area contributed by atoms with E-state index in [1.165, 1.54) is 12.4 Å². The molecule has 0 radical (unpaired) electrons. The molecule has 3 aromatic rings. The van der Waals surface area contributed by atoms with Crippen LogP contribution >= 0.6 is 0 Å². The van der Waals surface area contributed by atoms with Gasteiger partial charge in [0.15, 0.2) is 0 Å². The highest BCUT2D eigenvalue weighted by Crippen LogP contribution is 2.42. The van der Waals surface area contributed by atoms with E-state index in [1.54, 1.807) is 7.11 Å². The molecule has 2 aliphatic rings. The van der Waals surface area contributed by atoms with E-state index in [0.717, 1.165) is 36.6 Å². The number of nitrogens with zero attached hydrogens (tertiary/aromatic N) is 7. The van der Waals surface area contributed by atoms with Crippen LogP contribution in [-0.2, 0) is 10.2 Å². The summed E-state index contributed by atoms with van der Waals surface area (Å²) in [5.41, 5.74) is 4.01. The monoisotopic (exact) mass is 529 g/mol. The lowest BCUT2D eigenvalue weighted by Gasteiger charge is -2.25. The highest BCUT2D eigenvalue weighted by molar-refractivity contribution is 6.02. The number of hydrogen-bond donors (Lipinski definition) is 2. The molecule has 0 spiro atoms. The van der Waals surface area contributed by atoms with Gasteiger partial charge >= 0.3 is 0 Å². The molecule has 2 N–H and O–H groups in total. The zero-order valence-electron chi connectivity index (χ0n) is 23.1. The SMILES string of the molecule is C=CC(=O)Nc1cc(Nc2ncnc(N3CC(C)(C)c4ncccc43)n2)c(OC)cc1N1CCC(N(C)C)C1. The molecule has 1 unspecified atom stereocenters. The van der Waals surface area contributed by atoms with E-state index >= 15 is 0 Å². The van der Waals surface area contributed by atoms with Crippen molar-refractivity contribution in [3.8, 4) is 5.75 Å². The van der Waals surface area contributed by atoms with Crippen LogP contribution in [0.25, 0.3) is 0 Å². The molecule has 1 atom stereocenters. The first-order chi connectivity index (χ1) is 18.7. The second-order valence-corrected chi connectivity index (χ2v) is 10.7. The third-order valence-corrected chi connectivity index (χ3v) is 7.31. The average molecular weight is 530 g/mol. The minimum Gasteiger partial charge on any atom is -0.494 e. The Kier molecular flexibility index (Phi) is 7.09. The number of ether oxygens (including phenoxy) is 1. The zero-order chi connectivity index (χ0) is 27.7. The summed E-state index contributed by atoms with van der Waals surface area (Å²) in [6.45, 7) is 10.3. The molecule has 1 fully saturated rings. The second-order valence-electron chi connectivity index (χ2n) is 10.7. The summed E-state index contributed by atoms with van der Waals surface area (Å²) in [6, 6.07) is 8.16. The second kappa shape index (κ2) is 10.5. The van der Waals surface area contributed by atoms with Crippen molar-refractivity contribution in [2.24, 2.45) is 0 Å². The lowest BCUT2D eigenvalue weighted by atomic mass is 9.91. The molecule has 0 saturated carbocycles. The maximum Gasteiger partial charge on any atom is 0.247 e. The molecule has 204 valence electrons. The average Bonchev–Trinajstić information content (AvgIpc) is 3.52. The van der Waals surface area contributed by atoms with E-state index in [9.17, 15) is 4.79 Å². The Bertz CT molecular complexity index is 1390. The van der Waals surface area contributed by atoms with Crippen LogP contribution in [-0.4, -0.2) is 77.6 Å². The molecule has 39 heavy (non-hydrogen) atoms. The molecule has 2 aliphatic heterocycles. The van der Waals surface area contributed by atoms with Gasteiger partial charge in [-0.2, -0.15) is 4.98 Å². The number of fused-ring (bicyclic) bond motifs is 1. The van der Waals surface area contributed by atoms with Gasteiger partial charge in [0.25, 0.3) is 0 Å². The van der Waals surface area contributed by atoms with Gasteiger partial charge in [-0.25, -0.2) is 9.97 Å². The summed E-state index contributed by atoms with van der Waals surface area (Å²) in [6.07, 6.45) is 5.59. The first-order valence-corrected chi connectivity index (χ1v) is 13.0. The highest BCUT2D eigenvalue weighted by atomic mass is 16.5. The number of nitrogens with one attached hydrogen (secondary N) is 2. The van der Waals surface area contributed by atoms with Gasteiger partial charge in [-0.1, -0.05) is 20.4 Å². The number of likely N-dealkylation sites (N-methyl/N-ethyl adjacent to an activating group) is 1. The minimum absolute atomic E-state index is 0.144. The number of anilines is 6. The number of carbonyl (C=O) groups is 1. The Morgan fingerprint density at radius 3 is 2.74 bits per heavy atom. The fourth-order valence-electron chi connectivity index (χ4n) is 5.23. The molecule has 1 aromatic carbocycles. The number of benzene rings is 1. The van der Waals surface area contributed by atoms with Crippen LogP contribution in [0.2, 0.25) is 0 Å². The topological polar surface area (TPSA) is 112 Å². The first-order valence-electron chi connectivity index (χ1n) is 13.0. The molecule has 2 aromatic heterocycles. The summed E-state index contributed by atoms with van der Waals surface area (Å²) in [4.78, 5) is 37.0. The van der Waals surface area contributed by atoms with Gasteiger partial charge < -0.3 is 30.1 Å². The standard InChI is InChI=1S/C28H35N9O2/c1-7-24(38)32-19-13-20(23(39-6)14-22(19)36-12-10-18(15-36)35(4)5)33-26-30-17-31-27(34-26)37-16-28(2,3)25-21(37)9-8-11-29-25/h7-9,11,13-14,17-18H,1,10,12,15-16H2,2-6H3,(H,32,38)(H,30,31,33,34). The van der Waals surface area contributed by atoms with Crippen LogP contribution in [0.5, 0.6) is 5.75 Å². The van der Waals surface area contributed by atoms with Crippen molar-refractivity contribution in [1.29, 1.82) is 0 Å². The van der Waals surface area contributed by atoms with Crippen LogP contribution in [0, 0.1) is 0 Å². The van der Waals surface area contributed by atoms with Crippen LogP contribution < -0.4 is 25.2 Å². The Morgan fingerprint density at radius 2 is 2.03 bits per heavy atom. The van der Waals surface area contributed by atoms with E-state index in [1.807, 2.05) is 30.5 Å². The van der Waals surface area contributed by atoms with Gasteiger partial charge in [-0.05, 0) is 44.8 Å².